The zero-order valence-corrected chi connectivity index (χ0v) is 18.3. The van der Waals surface area contributed by atoms with E-state index in [9.17, 15) is 0 Å². The molecule has 160 valence electrons. The molecule has 3 aliphatic rings. The maximum absolute atomic E-state index is 6.63. The van der Waals surface area contributed by atoms with E-state index in [0.717, 1.165) is 49.7 Å². The lowest BCUT2D eigenvalue weighted by Gasteiger charge is -2.54. The van der Waals surface area contributed by atoms with Gasteiger partial charge in [0, 0.05) is 30.4 Å². The summed E-state index contributed by atoms with van der Waals surface area (Å²) in [7, 11) is 1.71. The second-order valence-corrected chi connectivity index (χ2v) is 9.78. The van der Waals surface area contributed by atoms with Crippen molar-refractivity contribution >= 4 is 0 Å². The standard InChI is InChI=1S/C25H32N2O3/c1-24(2)21-15-25(8-12-27(13-9-25)16-18-6-10-26-11-7-18)17-29-23(21)20-14-19(28-3)4-5-22(20)30-24/h4-7,10-11,14,21,23H,8-9,12-13,15-17H2,1-3H3/t21-,23+/m0/s1. The molecule has 0 amide bonds. The van der Waals surface area contributed by atoms with Crippen molar-refractivity contribution < 1.29 is 14.2 Å². The van der Waals surface area contributed by atoms with Gasteiger partial charge in [-0.3, -0.25) is 9.88 Å². The molecule has 4 heterocycles. The van der Waals surface area contributed by atoms with E-state index >= 15 is 0 Å². The van der Waals surface area contributed by atoms with Gasteiger partial charge in [0.2, 0.25) is 0 Å². The van der Waals surface area contributed by atoms with Crippen LogP contribution in [0.4, 0.5) is 0 Å². The van der Waals surface area contributed by atoms with Gasteiger partial charge < -0.3 is 14.2 Å². The third-order valence-electron chi connectivity index (χ3n) is 7.45. The fourth-order valence-electron chi connectivity index (χ4n) is 5.54. The van der Waals surface area contributed by atoms with Crippen LogP contribution >= 0.6 is 0 Å². The molecule has 2 saturated heterocycles. The zero-order chi connectivity index (χ0) is 20.8. The van der Waals surface area contributed by atoms with Gasteiger partial charge in [0.25, 0.3) is 0 Å². The fourth-order valence-corrected chi connectivity index (χ4v) is 5.54. The Hall–Kier alpha value is -2.11. The number of methoxy groups -OCH3 is 1. The predicted octanol–water partition coefficient (Wildman–Crippen LogP) is 4.62. The molecule has 5 nitrogen and oxygen atoms in total. The summed E-state index contributed by atoms with van der Waals surface area (Å²) in [5.74, 6) is 2.15. The van der Waals surface area contributed by atoms with Gasteiger partial charge in [0.15, 0.2) is 0 Å². The Morgan fingerprint density at radius 3 is 2.63 bits per heavy atom. The van der Waals surface area contributed by atoms with Crippen molar-refractivity contribution in [1.29, 1.82) is 0 Å². The van der Waals surface area contributed by atoms with Crippen molar-refractivity contribution in [3.8, 4) is 11.5 Å². The molecule has 0 aliphatic carbocycles. The van der Waals surface area contributed by atoms with E-state index in [1.54, 1.807) is 7.11 Å². The Kier molecular flexibility index (Phi) is 4.98. The van der Waals surface area contributed by atoms with E-state index < -0.39 is 0 Å². The highest BCUT2D eigenvalue weighted by Gasteiger charge is 2.52. The van der Waals surface area contributed by atoms with Crippen molar-refractivity contribution in [1.82, 2.24) is 9.88 Å². The van der Waals surface area contributed by atoms with Crippen molar-refractivity contribution in [2.24, 2.45) is 11.3 Å². The minimum atomic E-state index is -0.242. The molecule has 3 aliphatic heterocycles. The molecular formula is C25H32N2O3. The van der Waals surface area contributed by atoms with Crippen LogP contribution in [0.3, 0.4) is 0 Å². The molecule has 30 heavy (non-hydrogen) atoms. The van der Waals surface area contributed by atoms with E-state index in [1.165, 1.54) is 18.4 Å². The molecule has 0 radical (unpaired) electrons. The Bertz CT molecular complexity index is 891. The Morgan fingerprint density at radius 2 is 1.90 bits per heavy atom. The number of fused-ring (bicyclic) bond motifs is 3. The van der Waals surface area contributed by atoms with E-state index in [0.29, 0.717) is 5.92 Å². The summed E-state index contributed by atoms with van der Waals surface area (Å²) in [6.07, 6.45) is 7.37. The van der Waals surface area contributed by atoms with Crippen LogP contribution in [0, 0.1) is 11.3 Å². The molecule has 0 N–H and O–H groups in total. The van der Waals surface area contributed by atoms with E-state index in [4.69, 9.17) is 14.2 Å². The van der Waals surface area contributed by atoms with Crippen LogP contribution in [0.1, 0.15) is 50.3 Å². The first-order valence-corrected chi connectivity index (χ1v) is 11.1. The van der Waals surface area contributed by atoms with Gasteiger partial charge in [-0.2, -0.15) is 0 Å². The summed E-state index contributed by atoms with van der Waals surface area (Å²) in [6.45, 7) is 8.53. The van der Waals surface area contributed by atoms with Gasteiger partial charge in [-0.25, -0.2) is 0 Å². The number of nitrogens with zero attached hydrogens (tertiary/aromatic N) is 2. The fraction of sp³-hybridized carbons (Fsp3) is 0.560. The lowest BCUT2D eigenvalue weighted by Crippen LogP contribution is -2.54. The number of hydrogen-bond acceptors (Lipinski definition) is 5. The SMILES string of the molecule is COc1ccc2c(c1)[C@H]1OCC3(CCN(Cc4ccncc4)CC3)C[C@@H]1C(C)(C)O2. The molecule has 1 aromatic carbocycles. The Balaban J connectivity index is 1.31. The number of benzene rings is 1. The van der Waals surface area contributed by atoms with Crippen LogP contribution < -0.4 is 9.47 Å². The van der Waals surface area contributed by atoms with Gasteiger partial charge in [0.05, 0.1) is 19.8 Å². The monoisotopic (exact) mass is 408 g/mol. The van der Waals surface area contributed by atoms with Crippen molar-refractivity contribution in [2.75, 3.05) is 26.8 Å². The highest BCUT2D eigenvalue weighted by molar-refractivity contribution is 5.44. The minimum absolute atomic E-state index is 0.0827. The lowest BCUT2D eigenvalue weighted by molar-refractivity contribution is -0.174. The average molecular weight is 409 g/mol. The molecule has 2 fully saturated rings. The van der Waals surface area contributed by atoms with E-state index in [2.05, 4.69) is 41.9 Å². The molecule has 1 spiro atoms. The molecule has 5 heteroatoms. The summed E-state index contributed by atoms with van der Waals surface area (Å²) < 4.78 is 18.6. The highest BCUT2D eigenvalue weighted by atomic mass is 16.5. The topological polar surface area (TPSA) is 43.8 Å². The molecule has 2 atom stereocenters. The van der Waals surface area contributed by atoms with E-state index in [-0.39, 0.29) is 17.1 Å². The smallest absolute Gasteiger partial charge is 0.126 e. The van der Waals surface area contributed by atoms with Crippen LogP contribution in [-0.2, 0) is 11.3 Å². The predicted molar refractivity (Wildman–Crippen MR) is 116 cm³/mol. The first-order chi connectivity index (χ1) is 14.5. The summed E-state index contributed by atoms with van der Waals surface area (Å²) in [6, 6.07) is 10.3. The number of pyridine rings is 1. The van der Waals surface area contributed by atoms with Crippen LogP contribution in [0.5, 0.6) is 11.5 Å². The second-order valence-electron chi connectivity index (χ2n) is 9.78. The Morgan fingerprint density at radius 1 is 1.13 bits per heavy atom. The average Bonchev–Trinajstić information content (AvgIpc) is 2.76. The second kappa shape index (κ2) is 7.54. The largest absolute Gasteiger partial charge is 0.497 e. The van der Waals surface area contributed by atoms with Crippen LogP contribution in [0.15, 0.2) is 42.7 Å². The maximum atomic E-state index is 6.63. The number of ether oxygens (including phenoxy) is 3. The number of hydrogen-bond donors (Lipinski definition) is 0. The normalized spacial score (nSPS) is 27.0. The third-order valence-corrected chi connectivity index (χ3v) is 7.45. The summed E-state index contributed by atoms with van der Waals surface area (Å²) >= 11 is 0. The molecule has 1 aromatic heterocycles. The molecule has 5 rings (SSSR count). The summed E-state index contributed by atoms with van der Waals surface area (Å²) in [5, 5.41) is 0. The molecule has 0 bridgehead atoms. The van der Waals surface area contributed by atoms with Gasteiger partial charge in [0.1, 0.15) is 17.1 Å². The highest BCUT2D eigenvalue weighted by Crippen LogP contribution is 2.55. The van der Waals surface area contributed by atoms with Crippen LogP contribution in [0.25, 0.3) is 0 Å². The van der Waals surface area contributed by atoms with Crippen LogP contribution in [0.2, 0.25) is 0 Å². The number of likely N-dealkylation sites (tertiary alicyclic amines) is 1. The third kappa shape index (κ3) is 3.58. The summed E-state index contributed by atoms with van der Waals surface area (Å²) in [4.78, 5) is 6.70. The number of rotatable bonds is 3. The van der Waals surface area contributed by atoms with Gasteiger partial charge in [-0.1, -0.05) is 0 Å². The van der Waals surface area contributed by atoms with Crippen LogP contribution in [-0.4, -0.2) is 42.3 Å². The van der Waals surface area contributed by atoms with Gasteiger partial charge in [-0.05, 0) is 87.5 Å². The Labute approximate surface area is 179 Å². The summed E-state index contributed by atoms with van der Waals surface area (Å²) in [5.41, 5.74) is 2.50. The van der Waals surface area contributed by atoms with Gasteiger partial charge >= 0.3 is 0 Å². The first-order valence-electron chi connectivity index (χ1n) is 11.1. The van der Waals surface area contributed by atoms with Crippen molar-refractivity contribution in [3.63, 3.8) is 0 Å². The first kappa shape index (κ1) is 19.8. The molecule has 0 unspecified atom stereocenters. The quantitative estimate of drug-likeness (QED) is 0.741. The minimum Gasteiger partial charge on any atom is -0.497 e. The zero-order valence-electron chi connectivity index (χ0n) is 18.3. The lowest BCUT2D eigenvalue weighted by atomic mass is 9.64. The molecule has 0 saturated carbocycles. The van der Waals surface area contributed by atoms with Crippen molar-refractivity contribution in [2.45, 2.75) is 51.4 Å². The van der Waals surface area contributed by atoms with Gasteiger partial charge in [-0.15, -0.1) is 0 Å². The number of aromatic nitrogens is 1. The molecular weight excluding hydrogens is 376 g/mol. The number of piperidine rings is 1. The molecule has 2 aromatic rings. The van der Waals surface area contributed by atoms with E-state index in [1.807, 2.05) is 24.5 Å². The van der Waals surface area contributed by atoms with Crippen molar-refractivity contribution in [3.05, 3.63) is 53.9 Å². The maximum Gasteiger partial charge on any atom is 0.126 e.